The summed E-state index contributed by atoms with van der Waals surface area (Å²) in [7, 11) is -3.76. The van der Waals surface area contributed by atoms with Gasteiger partial charge in [0.15, 0.2) is 0 Å². The second-order valence-corrected chi connectivity index (χ2v) is 10.8. The second kappa shape index (κ2) is 12.2. The molecule has 0 heterocycles. The number of hydrogen-bond acceptors (Lipinski definition) is 4. The highest BCUT2D eigenvalue weighted by Crippen LogP contribution is 2.23. The van der Waals surface area contributed by atoms with Crippen LogP contribution in [0.2, 0.25) is 5.02 Å². The van der Waals surface area contributed by atoms with Crippen LogP contribution in [0.15, 0.2) is 42.5 Å². The Balaban J connectivity index is 2.38. The van der Waals surface area contributed by atoms with Crippen LogP contribution in [-0.4, -0.2) is 50.5 Å². The fraction of sp³-hybridized carbons (Fsp3) is 0.440. The fourth-order valence-corrected chi connectivity index (χ4v) is 4.46. The molecule has 7 nitrogen and oxygen atoms in total. The van der Waals surface area contributed by atoms with E-state index in [2.05, 4.69) is 5.32 Å². The Morgan fingerprint density at radius 3 is 2.35 bits per heavy atom. The van der Waals surface area contributed by atoms with E-state index in [1.165, 1.54) is 4.90 Å². The molecule has 0 aromatic heterocycles. The lowest BCUT2D eigenvalue weighted by molar-refractivity contribution is -0.139. The quantitative estimate of drug-likeness (QED) is 0.465. The van der Waals surface area contributed by atoms with E-state index in [0.29, 0.717) is 22.8 Å². The summed E-state index contributed by atoms with van der Waals surface area (Å²) in [5.74, 6) is -0.798. The third-order valence-electron chi connectivity index (χ3n) is 5.75. The molecule has 0 saturated heterocycles. The molecule has 2 aromatic carbocycles. The molecule has 0 saturated carbocycles. The lowest BCUT2D eigenvalue weighted by Crippen LogP contribution is -2.51. The van der Waals surface area contributed by atoms with Gasteiger partial charge in [0.1, 0.15) is 12.6 Å². The average Bonchev–Trinajstić information content (AvgIpc) is 2.77. The van der Waals surface area contributed by atoms with E-state index in [1.54, 1.807) is 43.3 Å². The first-order valence-corrected chi connectivity index (χ1v) is 13.5. The Hall–Kier alpha value is -2.58. The standard InChI is InChI=1S/C25H34ClN3O4S/c1-6-7-14-27-25(31)20(4)28(16-21-10-8-9-11-23(21)26)24(30)17-29(34(5,32)33)22-13-12-18(2)19(3)15-22/h8-13,15,20H,6-7,14,16-17H2,1-5H3,(H,27,31)/t20-/m0/s1. The zero-order valence-electron chi connectivity index (χ0n) is 20.5. The average molecular weight is 508 g/mol. The number of amides is 2. The maximum atomic E-state index is 13.5. The summed E-state index contributed by atoms with van der Waals surface area (Å²) in [6.45, 7) is 7.62. The molecular formula is C25H34ClN3O4S. The first-order chi connectivity index (χ1) is 16.0. The van der Waals surface area contributed by atoms with Crippen LogP contribution in [0.5, 0.6) is 0 Å². The smallest absolute Gasteiger partial charge is 0.244 e. The molecule has 0 unspecified atom stereocenters. The summed E-state index contributed by atoms with van der Waals surface area (Å²) in [4.78, 5) is 27.7. The van der Waals surface area contributed by atoms with Gasteiger partial charge in [-0.05, 0) is 62.1 Å². The van der Waals surface area contributed by atoms with E-state index in [9.17, 15) is 18.0 Å². The Morgan fingerprint density at radius 2 is 1.76 bits per heavy atom. The number of hydrogen-bond donors (Lipinski definition) is 1. The van der Waals surface area contributed by atoms with Gasteiger partial charge in [0.05, 0.1) is 11.9 Å². The Morgan fingerprint density at radius 1 is 1.09 bits per heavy atom. The minimum absolute atomic E-state index is 0.0748. The molecule has 2 amide bonds. The molecule has 0 aliphatic heterocycles. The van der Waals surface area contributed by atoms with E-state index < -0.39 is 28.5 Å². The van der Waals surface area contributed by atoms with Gasteiger partial charge in [-0.3, -0.25) is 13.9 Å². The van der Waals surface area contributed by atoms with Gasteiger partial charge < -0.3 is 10.2 Å². The van der Waals surface area contributed by atoms with Gasteiger partial charge in [-0.25, -0.2) is 8.42 Å². The van der Waals surface area contributed by atoms with Gasteiger partial charge in [-0.15, -0.1) is 0 Å². The molecule has 1 N–H and O–H groups in total. The predicted octanol–water partition coefficient (Wildman–Crippen LogP) is 4.06. The largest absolute Gasteiger partial charge is 0.354 e. The van der Waals surface area contributed by atoms with Crippen molar-refractivity contribution in [2.75, 3.05) is 23.7 Å². The highest BCUT2D eigenvalue weighted by Gasteiger charge is 2.30. The number of benzene rings is 2. The van der Waals surface area contributed by atoms with Crippen molar-refractivity contribution in [2.24, 2.45) is 0 Å². The SMILES string of the molecule is CCCCNC(=O)[C@H](C)N(Cc1ccccc1Cl)C(=O)CN(c1ccc(C)c(C)c1)S(C)(=O)=O. The minimum Gasteiger partial charge on any atom is -0.354 e. The molecule has 0 fully saturated rings. The van der Waals surface area contributed by atoms with Crippen LogP contribution in [0.25, 0.3) is 0 Å². The molecule has 0 radical (unpaired) electrons. The number of anilines is 1. The van der Waals surface area contributed by atoms with Crippen LogP contribution in [0.4, 0.5) is 5.69 Å². The first kappa shape index (κ1) is 27.7. The fourth-order valence-electron chi connectivity index (χ4n) is 3.42. The predicted molar refractivity (Wildman–Crippen MR) is 137 cm³/mol. The monoisotopic (exact) mass is 507 g/mol. The number of nitrogens with zero attached hydrogens (tertiary/aromatic N) is 2. The number of rotatable bonds is 11. The molecule has 9 heteroatoms. The topological polar surface area (TPSA) is 86.8 Å². The number of carbonyl (C=O) groups is 2. The van der Waals surface area contributed by atoms with Crippen molar-refractivity contribution in [2.45, 2.75) is 53.1 Å². The number of sulfonamides is 1. The summed E-state index contributed by atoms with van der Waals surface area (Å²) in [6, 6.07) is 11.5. The first-order valence-electron chi connectivity index (χ1n) is 11.3. The molecule has 0 bridgehead atoms. The Kier molecular flexibility index (Phi) is 9.94. The summed E-state index contributed by atoms with van der Waals surface area (Å²) in [5, 5.41) is 3.32. The number of unbranched alkanes of at least 4 members (excludes halogenated alkanes) is 1. The van der Waals surface area contributed by atoms with Gasteiger partial charge >= 0.3 is 0 Å². The van der Waals surface area contributed by atoms with Crippen LogP contribution in [0.1, 0.15) is 43.4 Å². The number of carbonyl (C=O) groups excluding carboxylic acids is 2. The maximum absolute atomic E-state index is 13.5. The Labute approximate surface area is 208 Å². The third kappa shape index (κ3) is 7.46. The second-order valence-electron chi connectivity index (χ2n) is 8.47. The summed E-state index contributed by atoms with van der Waals surface area (Å²) >= 11 is 6.32. The van der Waals surface area contributed by atoms with E-state index in [0.717, 1.165) is 34.5 Å². The van der Waals surface area contributed by atoms with E-state index >= 15 is 0 Å². The van der Waals surface area contributed by atoms with Gasteiger partial charge in [-0.2, -0.15) is 0 Å². The van der Waals surface area contributed by atoms with E-state index in [1.807, 2.05) is 26.8 Å². The maximum Gasteiger partial charge on any atom is 0.244 e. The highest BCUT2D eigenvalue weighted by molar-refractivity contribution is 7.92. The zero-order valence-corrected chi connectivity index (χ0v) is 22.0. The minimum atomic E-state index is -3.76. The molecule has 0 aliphatic carbocycles. The van der Waals surface area contributed by atoms with Crippen LogP contribution >= 0.6 is 11.6 Å². The zero-order chi connectivity index (χ0) is 25.5. The van der Waals surface area contributed by atoms with E-state index in [4.69, 9.17) is 11.6 Å². The number of aryl methyl sites for hydroxylation is 2. The molecule has 2 aromatic rings. The van der Waals surface area contributed by atoms with Gasteiger partial charge in [0, 0.05) is 18.1 Å². The molecule has 0 spiro atoms. The summed E-state index contributed by atoms with van der Waals surface area (Å²) < 4.78 is 26.3. The van der Waals surface area contributed by atoms with Crippen molar-refractivity contribution in [3.63, 3.8) is 0 Å². The molecule has 186 valence electrons. The van der Waals surface area contributed by atoms with Gasteiger partial charge in [-0.1, -0.05) is 49.2 Å². The van der Waals surface area contributed by atoms with Crippen LogP contribution in [0.3, 0.4) is 0 Å². The van der Waals surface area contributed by atoms with Crippen molar-refractivity contribution < 1.29 is 18.0 Å². The van der Waals surface area contributed by atoms with Crippen LogP contribution in [0, 0.1) is 13.8 Å². The summed E-state index contributed by atoms with van der Waals surface area (Å²) in [6.07, 6.45) is 2.82. The molecule has 0 aliphatic rings. The van der Waals surface area contributed by atoms with Gasteiger partial charge in [0.2, 0.25) is 21.8 Å². The van der Waals surface area contributed by atoms with Crippen molar-refractivity contribution in [3.8, 4) is 0 Å². The van der Waals surface area contributed by atoms with Crippen molar-refractivity contribution >= 4 is 39.1 Å². The van der Waals surface area contributed by atoms with Crippen LogP contribution in [-0.2, 0) is 26.2 Å². The van der Waals surface area contributed by atoms with Crippen molar-refractivity contribution in [1.82, 2.24) is 10.2 Å². The Bertz CT molecular complexity index is 1120. The number of nitrogens with one attached hydrogen (secondary N) is 1. The lowest BCUT2D eigenvalue weighted by atomic mass is 10.1. The lowest BCUT2D eigenvalue weighted by Gasteiger charge is -2.31. The number of halogens is 1. The molecule has 2 rings (SSSR count). The summed E-state index contributed by atoms with van der Waals surface area (Å²) in [5.41, 5.74) is 3.00. The van der Waals surface area contributed by atoms with Gasteiger partial charge in [0.25, 0.3) is 0 Å². The third-order valence-corrected chi connectivity index (χ3v) is 7.26. The molecule has 1 atom stereocenters. The highest BCUT2D eigenvalue weighted by atomic mass is 35.5. The van der Waals surface area contributed by atoms with Crippen LogP contribution < -0.4 is 9.62 Å². The molecular weight excluding hydrogens is 474 g/mol. The van der Waals surface area contributed by atoms with Crippen molar-refractivity contribution in [3.05, 3.63) is 64.2 Å². The normalized spacial score (nSPS) is 12.2. The molecule has 34 heavy (non-hydrogen) atoms. The van der Waals surface area contributed by atoms with E-state index in [-0.39, 0.29) is 12.5 Å². The van der Waals surface area contributed by atoms with Crippen molar-refractivity contribution in [1.29, 1.82) is 0 Å².